The first-order valence-electron chi connectivity index (χ1n) is 13.4. The zero-order valence-electron chi connectivity index (χ0n) is 22.2. The van der Waals surface area contributed by atoms with Gasteiger partial charge in [-0.2, -0.15) is 0 Å². The number of nitrogens with zero attached hydrogens (tertiary/aromatic N) is 2. The Balaban J connectivity index is 3.63. The maximum atomic E-state index is 12.2. The van der Waals surface area contributed by atoms with Crippen molar-refractivity contribution in [2.75, 3.05) is 46.9 Å². The molecule has 0 aromatic carbocycles. The van der Waals surface area contributed by atoms with Gasteiger partial charge in [-0.15, -0.1) is 5.06 Å². The van der Waals surface area contributed by atoms with Gasteiger partial charge in [0.1, 0.15) is 0 Å². The number of carbonyl (C=O) groups is 2. The molecular formula is C27H53N2O4+. The van der Waals surface area contributed by atoms with Crippen molar-refractivity contribution in [1.82, 2.24) is 5.06 Å². The van der Waals surface area contributed by atoms with Crippen LogP contribution in [0.1, 0.15) is 104 Å². The van der Waals surface area contributed by atoms with Gasteiger partial charge in [-0.3, -0.25) is 0 Å². The third-order valence-corrected chi connectivity index (χ3v) is 6.01. The summed E-state index contributed by atoms with van der Waals surface area (Å²) < 4.78 is 5.92. The first-order chi connectivity index (χ1) is 15.8. The number of hydrogen-bond donors (Lipinski definition) is 0. The van der Waals surface area contributed by atoms with Crippen LogP contribution in [-0.4, -0.2) is 68.4 Å². The van der Waals surface area contributed by atoms with Gasteiger partial charge in [0.2, 0.25) is 0 Å². The molecule has 0 rings (SSSR count). The smallest absolute Gasteiger partial charge is 0.361 e. The molecule has 0 radical (unpaired) electrons. The van der Waals surface area contributed by atoms with Crippen LogP contribution in [0.3, 0.4) is 0 Å². The Hall–Kier alpha value is -1.40. The van der Waals surface area contributed by atoms with E-state index in [-0.39, 0.29) is 5.97 Å². The summed E-state index contributed by atoms with van der Waals surface area (Å²) in [5.74, 6) is -0.629. The van der Waals surface area contributed by atoms with Crippen molar-refractivity contribution < 1.29 is 23.6 Å². The van der Waals surface area contributed by atoms with Crippen LogP contribution in [0.5, 0.6) is 0 Å². The lowest BCUT2D eigenvalue weighted by Crippen LogP contribution is -2.49. The minimum absolute atomic E-state index is 0.166. The molecule has 0 saturated heterocycles. The molecular weight excluding hydrogens is 416 g/mol. The summed E-state index contributed by atoms with van der Waals surface area (Å²) >= 11 is 0. The molecule has 0 aromatic rings. The van der Waals surface area contributed by atoms with E-state index < -0.39 is 5.97 Å². The van der Waals surface area contributed by atoms with Gasteiger partial charge >= 0.3 is 11.9 Å². The van der Waals surface area contributed by atoms with Crippen molar-refractivity contribution in [1.29, 1.82) is 0 Å². The maximum Gasteiger partial charge on any atom is 0.361 e. The van der Waals surface area contributed by atoms with E-state index in [1.807, 2.05) is 21.0 Å². The molecule has 0 spiro atoms. The molecule has 33 heavy (non-hydrogen) atoms. The van der Waals surface area contributed by atoms with Crippen LogP contribution in [0.4, 0.5) is 0 Å². The largest absolute Gasteiger partial charge is 0.462 e. The van der Waals surface area contributed by atoms with Crippen molar-refractivity contribution in [3.63, 3.8) is 0 Å². The van der Waals surface area contributed by atoms with Gasteiger partial charge in [-0.1, -0.05) is 97.0 Å². The minimum Gasteiger partial charge on any atom is -0.462 e. The summed E-state index contributed by atoms with van der Waals surface area (Å²) in [4.78, 5) is 28.7. The normalized spacial score (nSPS) is 11.5. The van der Waals surface area contributed by atoms with Crippen LogP contribution in [0.2, 0.25) is 0 Å². The number of unbranched alkanes of at least 4 members (excludes halogenated alkanes) is 13. The Morgan fingerprint density at radius 3 is 1.76 bits per heavy atom. The van der Waals surface area contributed by atoms with Gasteiger partial charge < -0.3 is 14.1 Å². The third kappa shape index (κ3) is 20.9. The molecule has 0 heterocycles. The lowest BCUT2D eigenvalue weighted by atomic mass is 10.0. The Kier molecular flexibility index (Phi) is 20.3. The average Bonchev–Trinajstić information content (AvgIpc) is 2.78. The number of carbonyl (C=O) groups excluding carboxylic acids is 2. The Morgan fingerprint density at radius 1 is 0.818 bits per heavy atom. The molecule has 0 aliphatic heterocycles. The van der Waals surface area contributed by atoms with Crippen molar-refractivity contribution in [3.05, 3.63) is 12.7 Å². The van der Waals surface area contributed by atoms with E-state index in [9.17, 15) is 9.59 Å². The average molecular weight is 470 g/mol. The Morgan fingerprint density at radius 2 is 1.30 bits per heavy atom. The highest BCUT2D eigenvalue weighted by molar-refractivity contribution is 5.80. The molecule has 0 bridgehead atoms. The number of ether oxygens (including phenoxy) is 1. The number of likely N-dealkylation sites (N-methyl/N-ethyl adjacent to an activating group) is 2. The predicted molar refractivity (Wildman–Crippen MR) is 137 cm³/mol. The van der Waals surface area contributed by atoms with Crippen LogP contribution in [-0.2, 0) is 19.2 Å². The molecule has 0 N–H and O–H groups in total. The first-order valence-corrected chi connectivity index (χ1v) is 13.4. The Bertz CT molecular complexity index is 508. The quantitative estimate of drug-likeness (QED) is 0.0599. The summed E-state index contributed by atoms with van der Waals surface area (Å²) in [6, 6.07) is 0. The lowest BCUT2D eigenvalue weighted by molar-refractivity contribution is -0.883. The SMILES string of the molecule is C=CC(=O)ON(CC)CC[N+](C)(C)CC(=O)OCCCCCCCCCCCCCCCC. The van der Waals surface area contributed by atoms with Gasteiger partial charge in [0, 0.05) is 12.6 Å². The van der Waals surface area contributed by atoms with Crippen molar-refractivity contribution in [3.8, 4) is 0 Å². The second-order valence-corrected chi connectivity index (χ2v) is 9.77. The zero-order chi connectivity index (χ0) is 24.8. The highest BCUT2D eigenvalue weighted by Gasteiger charge is 2.22. The first kappa shape index (κ1) is 31.6. The summed E-state index contributed by atoms with van der Waals surface area (Å²) in [7, 11) is 3.97. The molecule has 0 unspecified atom stereocenters. The zero-order valence-corrected chi connectivity index (χ0v) is 22.2. The fraction of sp³-hybridized carbons (Fsp3) is 0.852. The van der Waals surface area contributed by atoms with Crippen LogP contribution in [0.25, 0.3) is 0 Å². The number of hydroxylamine groups is 2. The lowest BCUT2D eigenvalue weighted by Gasteiger charge is -2.30. The van der Waals surface area contributed by atoms with Crippen LogP contribution >= 0.6 is 0 Å². The van der Waals surface area contributed by atoms with Gasteiger partial charge in [-0.05, 0) is 13.3 Å². The molecule has 0 saturated carbocycles. The molecule has 194 valence electrons. The molecule has 0 aliphatic carbocycles. The van der Waals surface area contributed by atoms with E-state index in [1.165, 1.54) is 77.0 Å². The predicted octanol–water partition coefficient (Wildman–Crippen LogP) is 6.05. The van der Waals surface area contributed by atoms with E-state index in [0.717, 1.165) is 18.9 Å². The van der Waals surface area contributed by atoms with Gasteiger partial charge in [-0.25, -0.2) is 9.59 Å². The standard InChI is InChI=1S/C27H53N2O4/c1-6-9-10-11-12-13-14-15-16-17-18-19-20-21-24-32-27(31)25-29(4,5)23-22-28(8-3)33-26(30)7-2/h7H,2,6,8-25H2,1,3-5H3/q+1. The molecule has 6 nitrogen and oxygen atoms in total. The van der Waals surface area contributed by atoms with E-state index in [2.05, 4.69) is 13.5 Å². The monoisotopic (exact) mass is 469 g/mol. The van der Waals surface area contributed by atoms with Crippen molar-refractivity contribution in [2.24, 2.45) is 0 Å². The molecule has 6 heteroatoms. The fourth-order valence-corrected chi connectivity index (χ4v) is 3.77. The topological polar surface area (TPSA) is 55.8 Å². The molecule has 0 amide bonds. The summed E-state index contributed by atoms with van der Waals surface area (Å²) in [6.07, 6.45) is 19.6. The van der Waals surface area contributed by atoms with Gasteiger partial charge in [0.25, 0.3) is 0 Å². The number of quaternary nitrogens is 1. The van der Waals surface area contributed by atoms with Crippen LogP contribution in [0, 0.1) is 0 Å². The van der Waals surface area contributed by atoms with Crippen molar-refractivity contribution in [2.45, 2.75) is 104 Å². The second kappa shape index (κ2) is 21.2. The number of rotatable bonds is 23. The third-order valence-electron chi connectivity index (χ3n) is 6.01. The van der Waals surface area contributed by atoms with Crippen LogP contribution < -0.4 is 0 Å². The van der Waals surface area contributed by atoms with E-state index >= 15 is 0 Å². The molecule has 0 aliphatic rings. The summed E-state index contributed by atoms with van der Waals surface area (Å²) in [5.41, 5.74) is 0. The molecule has 0 aromatic heterocycles. The van der Waals surface area contributed by atoms with Crippen LogP contribution in [0.15, 0.2) is 12.7 Å². The van der Waals surface area contributed by atoms with Crippen molar-refractivity contribution >= 4 is 11.9 Å². The molecule has 0 atom stereocenters. The minimum atomic E-state index is -0.463. The van der Waals surface area contributed by atoms with E-state index in [4.69, 9.17) is 9.57 Å². The highest BCUT2D eigenvalue weighted by atomic mass is 16.7. The summed E-state index contributed by atoms with van der Waals surface area (Å²) in [5, 5.41) is 1.59. The Labute approximate surface area is 204 Å². The second-order valence-electron chi connectivity index (χ2n) is 9.77. The van der Waals surface area contributed by atoms with E-state index in [0.29, 0.717) is 37.3 Å². The number of esters is 1. The molecule has 0 fully saturated rings. The number of hydrogen-bond acceptors (Lipinski definition) is 5. The highest BCUT2D eigenvalue weighted by Crippen LogP contribution is 2.13. The fourth-order valence-electron chi connectivity index (χ4n) is 3.77. The van der Waals surface area contributed by atoms with Gasteiger partial charge in [0.15, 0.2) is 6.54 Å². The summed E-state index contributed by atoms with van der Waals surface area (Å²) in [6.45, 7) is 10.2. The van der Waals surface area contributed by atoms with Gasteiger partial charge in [0.05, 0.1) is 33.8 Å². The maximum absolute atomic E-state index is 12.2. The van der Waals surface area contributed by atoms with E-state index in [1.54, 1.807) is 5.06 Å².